The second-order valence-electron chi connectivity index (χ2n) is 10.3. The van der Waals surface area contributed by atoms with Gasteiger partial charge in [0.2, 0.25) is 5.95 Å². The maximum absolute atomic E-state index is 9.90. The van der Waals surface area contributed by atoms with Crippen LogP contribution in [0, 0.1) is 5.92 Å². The highest BCUT2D eigenvalue weighted by Crippen LogP contribution is 2.35. The van der Waals surface area contributed by atoms with Gasteiger partial charge in [-0.1, -0.05) is 25.0 Å². The standard InChI is InChI=1S/C25H34N8O2/c1-31-12-21-20(31)13-32(21)10-16-5-6-17(22(8-16)35-2)11-33-23-19(9-27-33)29-25(26)30-24(23)28-18(14-34)7-15-3-4-15/h5-6,8-9,15,18,20-21,34H,3-4,7,10-14H2,1-2H3,(H3,26,28,29,30)/t18-,20?,21?/m0/s1. The van der Waals surface area contributed by atoms with Crippen molar-refractivity contribution in [2.75, 3.05) is 44.9 Å². The van der Waals surface area contributed by atoms with Gasteiger partial charge in [0.1, 0.15) is 16.8 Å². The molecule has 3 atom stereocenters. The summed E-state index contributed by atoms with van der Waals surface area (Å²) in [4.78, 5) is 13.8. The van der Waals surface area contributed by atoms with E-state index in [0.29, 0.717) is 29.8 Å². The number of nitrogen functional groups attached to an aromatic ring is 1. The molecule has 2 unspecified atom stereocenters. The summed E-state index contributed by atoms with van der Waals surface area (Å²) in [5.74, 6) is 2.32. The molecule has 1 aromatic carbocycles. The Kier molecular flexibility index (Phi) is 5.74. The maximum Gasteiger partial charge on any atom is 0.222 e. The lowest BCUT2D eigenvalue weighted by atomic mass is 9.86. The molecule has 1 saturated carbocycles. The van der Waals surface area contributed by atoms with E-state index in [0.717, 1.165) is 48.9 Å². The van der Waals surface area contributed by atoms with Crippen LogP contribution in [-0.4, -0.2) is 86.6 Å². The van der Waals surface area contributed by atoms with Crippen molar-refractivity contribution in [3.05, 3.63) is 35.5 Å². The minimum Gasteiger partial charge on any atom is -0.496 e. The summed E-state index contributed by atoms with van der Waals surface area (Å²) in [6, 6.07) is 7.81. The highest BCUT2D eigenvalue weighted by atomic mass is 16.5. The lowest BCUT2D eigenvalue weighted by molar-refractivity contribution is -0.115. The number of hydrogen-bond donors (Lipinski definition) is 3. The van der Waals surface area contributed by atoms with Crippen LogP contribution >= 0.6 is 0 Å². The number of likely N-dealkylation sites (N-methyl/N-ethyl adjacent to an activating group) is 1. The summed E-state index contributed by atoms with van der Waals surface area (Å²) in [5.41, 5.74) is 9.72. The van der Waals surface area contributed by atoms with Crippen LogP contribution in [-0.2, 0) is 13.1 Å². The molecule has 10 nitrogen and oxygen atoms in total. The van der Waals surface area contributed by atoms with Crippen LogP contribution in [0.1, 0.15) is 30.4 Å². The Balaban J connectivity index is 1.23. The lowest BCUT2D eigenvalue weighted by Crippen LogP contribution is -2.77. The molecular formula is C25H34N8O2. The predicted octanol–water partition coefficient (Wildman–Crippen LogP) is 1.54. The van der Waals surface area contributed by atoms with E-state index in [1.807, 2.05) is 4.68 Å². The molecule has 0 amide bonds. The number of anilines is 2. The number of fused-ring (bicyclic) bond motifs is 2. The molecule has 3 aromatic rings. The third-order valence-corrected chi connectivity index (χ3v) is 7.81. The van der Waals surface area contributed by atoms with Gasteiger partial charge in [-0.3, -0.25) is 14.5 Å². The second-order valence-corrected chi connectivity index (χ2v) is 10.3. The summed E-state index contributed by atoms with van der Waals surface area (Å²) in [5, 5.41) is 17.9. The lowest BCUT2D eigenvalue weighted by Gasteiger charge is -2.61. The highest BCUT2D eigenvalue weighted by molar-refractivity contribution is 5.86. The number of aliphatic hydroxyl groups excluding tert-OH is 1. The largest absolute Gasteiger partial charge is 0.496 e. The summed E-state index contributed by atoms with van der Waals surface area (Å²) < 4.78 is 7.65. The summed E-state index contributed by atoms with van der Waals surface area (Å²) >= 11 is 0. The van der Waals surface area contributed by atoms with Crippen molar-refractivity contribution < 1.29 is 9.84 Å². The number of piperazine rings is 1. The van der Waals surface area contributed by atoms with E-state index in [-0.39, 0.29) is 18.6 Å². The Morgan fingerprint density at radius 3 is 2.74 bits per heavy atom. The molecule has 6 rings (SSSR count). The molecule has 1 aliphatic carbocycles. The van der Waals surface area contributed by atoms with Crippen molar-refractivity contribution in [1.82, 2.24) is 29.5 Å². The van der Waals surface area contributed by atoms with Crippen LogP contribution in [0.5, 0.6) is 5.75 Å². The molecule has 186 valence electrons. The summed E-state index contributed by atoms with van der Waals surface area (Å²) in [6.45, 7) is 3.80. The van der Waals surface area contributed by atoms with Crippen molar-refractivity contribution in [2.24, 2.45) is 5.92 Å². The molecule has 3 aliphatic rings. The Bertz CT molecular complexity index is 1230. The maximum atomic E-state index is 9.90. The normalized spacial score (nSPS) is 22.9. The molecule has 0 bridgehead atoms. The molecule has 10 heteroatoms. The van der Waals surface area contributed by atoms with Crippen LogP contribution < -0.4 is 15.8 Å². The van der Waals surface area contributed by atoms with E-state index in [9.17, 15) is 5.11 Å². The van der Waals surface area contributed by atoms with Gasteiger partial charge in [-0.05, 0) is 31.0 Å². The average Bonchev–Trinajstić information content (AvgIpc) is 3.58. The van der Waals surface area contributed by atoms with Crippen LogP contribution in [0.15, 0.2) is 24.4 Å². The fraction of sp³-hybridized carbons (Fsp3) is 0.560. The number of hydrogen-bond acceptors (Lipinski definition) is 9. The van der Waals surface area contributed by atoms with Crippen molar-refractivity contribution in [3.63, 3.8) is 0 Å². The highest BCUT2D eigenvalue weighted by Gasteiger charge is 2.49. The first kappa shape index (κ1) is 22.5. The van der Waals surface area contributed by atoms with Gasteiger partial charge in [-0.2, -0.15) is 10.1 Å². The first-order valence-corrected chi connectivity index (χ1v) is 12.5. The second kappa shape index (κ2) is 8.92. The third-order valence-electron chi connectivity index (χ3n) is 7.81. The van der Waals surface area contributed by atoms with Crippen molar-refractivity contribution in [3.8, 4) is 5.75 Å². The summed E-state index contributed by atoms with van der Waals surface area (Å²) in [6.07, 6.45) is 5.08. The number of nitrogens with one attached hydrogen (secondary N) is 1. The fourth-order valence-corrected chi connectivity index (χ4v) is 5.53. The van der Waals surface area contributed by atoms with E-state index < -0.39 is 0 Å². The number of methoxy groups -OCH3 is 1. The van der Waals surface area contributed by atoms with E-state index >= 15 is 0 Å². The molecule has 2 aliphatic heterocycles. The number of nitrogens with two attached hydrogens (primary N) is 1. The van der Waals surface area contributed by atoms with Crippen molar-refractivity contribution in [2.45, 2.75) is 50.5 Å². The monoisotopic (exact) mass is 478 g/mol. The smallest absolute Gasteiger partial charge is 0.222 e. The first-order chi connectivity index (χ1) is 17.0. The van der Waals surface area contributed by atoms with Gasteiger partial charge in [0, 0.05) is 37.3 Å². The zero-order chi connectivity index (χ0) is 24.1. The number of nitrogens with zero attached hydrogens (tertiary/aromatic N) is 6. The van der Waals surface area contributed by atoms with E-state index in [2.05, 4.69) is 55.4 Å². The number of aliphatic hydroxyl groups is 1. The zero-order valence-electron chi connectivity index (χ0n) is 20.4. The average molecular weight is 479 g/mol. The molecular weight excluding hydrogens is 444 g/mol. The van der Waals surface area contributed by atoms with Crippen LogP contribution in [0.2, 0.25) is 0 Å². The third kappa shape index (κ3) is 4.30. The van der Waals surface area contributed by atoms with Crippen molar-refractivity contribution >= 4 is 22.8 Å². The van der Waals surface area contributed by atoms with Gasteiger partial charge in [0.25, 0.3) is 0 Å². The predicted molar refractivity (Wildman–Crippen MR) is 134 cm³/mol. The van der Waals surface area contributed by atoms with Crippen molar-refractivity contribution in [1.29, 1.82) is 0 Å². The van der Waals surface area contributed by atoms with E-state index in [1.165, 1.54) is 18.4 Å². The van der Waals surface area contributed by atoms with Gasteiger partial charge in [0.15, 0.2) is 5.82 Å². The Morgan fingerprint density at radius 2 is 2.06 bits per heavy atom. The Labute approximate surface area is 205 Å². The van der Waals surface area contributed by atoms with Gasteiger partial charge in [0.05, 0.1) is 32.5 Å². The van der Waals surface area contributed by atoms with E-state index in [1.54, 1.807) is 13.3 Å². The first-order valence-electron chi connectivity index (χ1n) is 12.5. The Hall–Kier alpha value is -2.95. The molecule has 35 heavy (non-hydrogen) atoms. The molecule has 3 fully saturated rings. The number of benzene rings is 1. The topological polar surface area (TPSA) is 118 Å². The van der Waals surface area contributed by atoms with Crippen LogP contribution in [0.3, 0.4) is 0 Å². The van der Waals surface area contributed by atoms with E-state index in [4.69, 9.17) is 10.5 Å². The van der Waals surface area contributed by atoms with Gasteiger partial charge >= 0.3 is 0 Å². The fourth-order valence-electron chi connectivity index (χ4n) is 5.53. The SMILES string of the molecule is COc1cc(CN2CC3C2CN3C)ccc1Cn1ncc2nc(N)nc(N[C@H](CO)CC3CC3)c21. The molecule has 4 N–H and O–H groups in total. The molecule has 0 spiro atoms. The number of likely N-dealkylation sites (tertiary alicyclic amines) is 2. The molecule has 0 radical (unpaired) electrons. The van der Waals surface area contributed by atoms with Gasteiger partial charge in [-0.15, -0.1) is 0 Å². The van der Waals surface area contributed by atoms with Crippen LogP contribution in [0.4, 0.5) is 11.8 Å². The number of rotatable bonds is 10. The molecule has 2 aromatic heterocycles. The van der Waals surface area contributed by atoms with Gasteiger partial charge in [-0.25, -0.2) is 4.98 Å². The minimum atomic E-state index is -0.0753. The van der Waals surface area contributed by atoms with Gasteiger partial charge < -0.3 is 20.9 Å². The van der Waals surface area contributed by atoms with Crippen LogP contribution in [0.25, 0.3) is 11.0 Å². The zero-order valence-corrected chi connectivity index (χ0v) is 20.4. The molecule has 4 heterocycles. The Morgan fingerprint density at radius 1 is 1.20 bits per heavy atom. The molecule has 2 saturated heterocycles. The number of ether oxygens (including phenoxy) is 1. The number of aromatic nitrogens is 4. The summed E-state index contributed by atoms with van der Waals surface area (Å²) in [7, 11) is 3.91. The minimum absolute atomic E-state index is 0.0419. The quantitative estimate of drug-likeness (QED) is 0.399.